The average Bonchev–Trinajstić information content (AvgIpc) is 2.25. The molecule has 112 valence electrons. The van der Waals surface area contributed by atoms with E-state index in [2.05, 4.69) is 37.9 Å². The first kappa shape index (κ1) is 16.5. The molecule has 0 aromatic heterocycles. The van der Waals surface area contributed by atoms with E-state index < -0.39 is 0 Å². The molecule has 1 aliphatic heterocycles. The summed E-state index contributed by atoms with van der Waals surface area (Å²) < 4.78 is 0. The number of nitrogens with zero attached hydrogens (tertiary/aromatic N) is 1. The van der Waals surface area contributed by atoms with E-state index >= 15 is 0 Å². The third kappa shape index (κ3) is 5.94. The number of amides is 1. The average molecular weight is 268 g/mol. The molecule has 1 heterocycles. The van der Waals surface area contributed by atoms with Crippen molar-refractivity contribution in [2.75, 3.05) is 19.6 Å². The van der Waals surface area contributed by atoms with Crippen LogP contribution in [0.15, 0.2) is 0 Å². The molecule has 0 saturated carbocycles. The molecule has 0 aromatic rings. The van der Waals surface area contributed by atoms with Crippen LogP contribution < -0.4 is 5.32 Å². The van der Waals surface area contributed by atoms with Gasteiger partial charge in [0.2, 0.25) is 5.91 Å². The molecule has 2 atom stereocenters. The van der Waals surface area contributed by atoms with E-state index in [1.54, 1.807) is 0 Å². The third-order valence-electron chi connectivity index (χ3n) is 3.83. The van der Waals surface area contributed by atoms with E-state index in [1.807, 2.05) is 13.8 Å². The van der Waals surface area contributed by atoms with Crippen LogP contribution in [0, 0.1) is 17.3 Å². The lowest BCUT2D eigenvalue weighted by molar-refractivity contribution is -0.125. The highest BCUT2D eigenvalue weighted by atomic mass is 16.1. The number of likely N-dealkylation sites (N-methyl/N-ethyl adjacent to an activating group) is 1. The van der Waals surface area contributed by atoms with Crippen LogP contribution in [0.3, 0.4) is 0 Å². The zero-order valence-corrected chi connectivity index (χ0v) is 13.6. The van der Waals surface area contributed by atoms with Crippen LogP contribution in [-0.4, -0.2) is 36.5 Å². The Balaban J connectivity index is 2.60. The minimum atomic E-state index is 0.0815. The van der Waals surface area contributed by atoms with Crippen molar-refractivity contribution in [2.45, 2.75) is 60.4 Å². The van der Waals surface area contributed by atoms with Gasteiger partial charge in [-0.3, -0.25) is 4.79 Å². The second kappa shape index (κ2) is 6.74. The van der Waals surface area contributed by atoms with Gasteiger partial charge in [-0.25, -0.2) is 0 Å². The summed E-state index contributed by atoms with van der Waals surface area (Å²) >= 11 is 0. The molecule has 0 bridgehead atoms. The zero-order valence-electron chi connectivity index (χ0n) is 13.6. The topological polar surface area (TPSA) is 32.3 Å². The van der Waals surface area contributed by atoms with Gasteiger partial charge in [-0.15, -0.1) is 0 Å². The summed E-state index contributed by atoms with van der Waals surface area (Å²) in [7, 11) is 0. The molecule has 19 heavy (non-hydrogen) atoms. The van der Waals surface area contributed by atoms with Crippen molar-refractivity contribution < 1.29 is 4.79 Å². The van der Waals surface area contributed by atoms with E-state index in [1.165, 1.54) is 13.0 Å². The molecular weight excluding hydrogens is 236 g/mol. The van der Waals surface area contributed by atoms with Crippen LogP contribution in [-0.2, 0) is 4.79 Å². The number of hydrogen-bond acceptors (Lipinski definition) is 2. The predicted molar refractivity (Wildman–Crippen MR) is 81.1 cm³/mol. The van der Waals surface area contributed by atoms with Crippen molar-refractivity contribution in [1.29, 1.82) is 0 Å². The monoisotopic (exact) mass is 268 g/mol. The van der Waals surface area contributed by atoms with Crippen molar-refractivity contribution in [3.05, 3.63) is 0 Å². The maximum Gasteiger partial charge on any atom is 0.222 e. The van der Waals surface area contributed by atoms with Gasteiger partial charge in [0.1, 0.15) is 0 Å². The van der Waals surface area contributed by atoms with Gasteiger partial charge in [-0.1, -0.05) is 41.5 Å². The number of carbonyl (C=O) groups is 1. The lowest BCUT2D eigenvalue weighted by atomic mass is 9.80. The van der Waals surface area contributed by atoms with Gasteiger partial charge in [0.15, 0.2) is 0 Å². The Labute approximate surface area is 119 Å². The highest BCUT2D eigenvalue weighted by Gasteiger charge is 2.30. The van der Waals surface area contributed by atoms with Crippen molar-refractivity contribution >= 4 is 5.91 Å². The summed E-state index contributed by atoms with van der Waals surface area (Å²) in [5.74, 6) is 0.974. The highest BCUT2D eigenvalue weighted by molar-refractivity contribution is 5.78. The van der Waals surface area contributed by atoms with Crippen LogP contribution in [0.4, 0.5) is 0 Å². The van der Waals surface area contributed by atoms with Crippen molar-refractivity contribution in [3.8, 4) is 0 Å². The summed E-state index contributed by atoms with van der Waals surface area (Å²) in [5, 5.41) is 3.22. The Morgan fingerprint density at radius 1 is 1.32 bits per heavy atom. The Bertz CT molecular complexity index is 294. The number of hydrogen-bond donors (Lipinski definition) is 1. The number of nitrogens with one attached hydrogen (secondary N) is 1. The second-order valence-electron chi connectivity index (χ2n) is 7.58. The largest absolute Gasteiger partial charge is 0.352 e. The Hall–Kier alpha value is -0.570. The fraction of sp³-hybridized carbons (Fsp3) is 0.938. The van der Waals surface area contributed by atoms with Crippen LogP contribution >= 0.6 is 0 Å². The Morgan fingerprint density at radius 3 is 2.42 bits per heavy atom. The molecule has 1 fully saturated rings. The minimum Gasteiger partial charge on any atom is -0.352 e. The lowest BCUT2D eigenvalue weighted by Crippen LogP contribution is -2.51. The van der Waals surface area contributed by atoms with Crippen LogP contribution in [0.1, 0.15) is 54.4 Å². The normalized spacial score (nSPS) is 25.6. The molecule has 1 N–H and O–H groups in total. The van der Waals surface area contributed by atoms with Crippen LogP contribution in [0.25, 0.3) is 0 Å². The SMILES string of the molecule is CCN1CC(CC(C)(C)C)CC(NC(=O)C(C)C)C1. The molecule has 3 heteroatoms. The predicted octanol–water partition coefficient (Wildman–Crippen LogP) is 2.91. The summed E-state index contributed by atoms with van der Waals surface area (Å²) in [6.45, 7) is 16.3. The highest BCUT2D eigenvalue weighted by Crippen LogP contribution is 2.30. The first-order chi connectivity index (χ1) is 8.71. The fourth-order valence-corrected chi connectivity index (χ4v) is 3.05. The molecule has 0 spiro atoms. The first-order valence-electron chi connectivity index (χ1n) is 7.74. The van der Waals surface area contributed by atoms with Gasteiger partial charge in [-0.2, -0.15) is 0 Å². The molecule has 0 aliphatic carbocycles. The quantitative estimate of drug-likeness (QED) is 0.850. The molecule has 3 nitrogen and oxygen atoms in total. The Morgan fingerprint density at radius 2 is 1.95 bits per heavy atom. The molecule has 2 unspecified atom stereocenters. The maximum absolute atomic E-state index is 11.9. The summed E-state index contributed by atoms with van der Waals surface area (Å²) in [6.07, 6.45) is 2.36. The fourth-order valence-electron chi connectivity index (χ4n) is 3.05. The van der Waals surface area contributed by atoms with Crippen molar-refractivity contribution in [2.24, 2.45) is 17.3 Å². The summed E-state index contributed by atoms with van der Waals surface area (Å²) in [6, 6.07) is 0.330. The van der Waals surface area contributed by atoms with E-state index in [0.29, 0.717) is 17.4 Å². The maximum atomic E-state index is 11.9. The number of rotatable bonds is 4. The molecule has 1 saturated heterocycles. The standard InChI is InChI=1S/C16H32N2O/c1-7-18-10-13(9-16(4,5)6)8-14(11-18)17-15(19)12(2)3/h12-14H,7-11H2,1-6H3,(H,17,19). The molecular formula is C16H32N2O. The van der Waals surface area contributed by atoms with Crippen molar-refractivity contribution in [1.82, 2.24) is 10.2 Å². The van der Waals surface area contributed by atoms with Crippen molar-refractivity contribution in [3.63, 3.8) is 0 Å². The summed E-state index contributed by atoms with van der Waals surface area (Å²) in [4.78, 5) is 14.3. The van der Waals surface area contributed by atoms with E-state index in [9.17, 15) is 4.79 Å². The second-order valence-corrected chi connectivity index (χ2v) is 7.58. The van der Waals surface area contributed by atoms with Crippen LogP contribution in [0.2, 0.25) is 0 Å². The van der Waals surface area contributed by atoms with Gasteiger partial charge in [0.05, 0.1) is 0 Å². The zero-order chi connectivity index (χ0) is 14.6. The number of carbonyl (C=O) groups excluding carboxylic acids is 1. The van der Waals surface area contributed by atoms with Gasteiger partial charge < -0.3 is 10.2 Å². The lowest BCUT2D eigenvalue weighted by Gasteiger charge is -2.40. The molecule has 1 aliphatic rings. The van der Waals surface area contributed by atoms with Gasteiger partial charge in [0, 0.05) is 25.0 Å². The first-order valence-corrected chi connectivity index (χ1v) is 7.74. The molecule has 1 rings (SSSR count). The Kier molecular flexibility index (Phi) is 5.84. The van der Waals surface area contributed by atoms with Gasteiger partial charge in [0.25, 0.3) is 0 Å². The summed E-state index contributed by atoms with van der Waals surface area (Å²) in [5.41, 5.74) is 0.369. The number of likely N-dealkylation sites (tertiary alicyclic amines) is 1. The minimum absolute atomic E-state index is 0.0815. The van der Waals surface area contributed by atoms with E-state index in [0.717, 1.165) is 19.5 Å². The third-order valence-corrected chi connectivity index (χ3v) is 3.83. The van der Waals surface area contributed by atoms with E-state index in [-0.39, 0.29) is 11.8 Å². The van der Waals surface area contributed by atoms with Crippen LogP contribution in [0.5, 0.6) is 0 Å². The molecule has 1 amide bonds. The molecule has 0 aromatic carbocycles. The smallest absolute Gasteiger partial charge is 0.222 e. The van der Waals surface area contributed by atoms with Gasteiger partial charge in [-0.05, 0) is 30.7 Å². The van der Waals surface area contributed by atoms with Gasteiger partial charge >= 0.3 is 0 Å². The molecule has 0 radical (unpaired) electrons. The number of piperidine rings is 1. The van der Waals surface area contributed by atoms with E-state index in [4.69, 9.17) is 0 Å².